The maximum absolute atomic E-state index is 10.8. The molecule has 0 amide bonds. The van der Waals surface area contributed by atoms with Gasteiger partial charge in [-0.3, -0.25) is 10.1 Å². The second kappa shape index (κ2) is 5.09. The zero-order valence-corrected chi connectivity index (χ0v) is 9.20. The molecule has 0 aromatic heterocycles. The van der Waals surface area contributed by atoms with Gasteiger partial charge in [0.1, 0.15) is 0 Å². The normalized spacial score (nSPS) is 12.5. The molecule has 0 aliphatic heterocycles. The molecule has 1 aromatic rings. The van der Waals surface area contributed by atoms with Crippen LogP contribution >= 0.6 is 11.6 Å². The Morgan fingerprint density at radius 1 is 1.60 bits per heavy atom. The van der Waals surface area contributed by atoms with Gasteiger partial charge < -0.3 is 5.73 Å². The number of rotatable bonds is 4. The van der Waals surface area contributed by atoms with Crippen LogP contribution in [0.4, 0.5) is 5.69 Å². The fourth-order valence-electron chi connectivity index (χ4n) is 1.49. The first kappa shape index (κ1) is 11.9. The minimum Gasteiger partial charge on any atom is -0.330 e. The first-order chi connectivity index (χ1) is 7.06. The van der Waals surface area contributed by atoms with Crippen LogP contribution in [0.15, 0.2) is 18.2 Å². The summed E-state index contributed by atoms with van der Waals surface area (Å²) < 4.78 is 0. The van der Waals surface area contributed by atoms with Crippen molar-refractivity contribution in [3.05, 3.63) is 38.9 Å². The van der Waals surface area contributed by atoms with E-state index >= 15 is 0 Å². The zero-order chi connectivity index (χ0) is 11.4. The van der Waals surface area contributed by atoms with Crippen molar-refractivity contribution in [3.63, 3.8) is 0 Å². The standard InChI is InChI=1S/C10H13ClN2O2/c1-7(4-5-12)9-6-8(11)2-3-10(9)13(14)15/h2-3,6-7H,4-5,12H2,1H3. The van der Waals surface area contributed by atoms with Crippen LogP contribution in [0.1, 0.15) is 24.8 Å². The van der Waals surface area contributed by atoms with Crippen molar-refractivity contribution in [1.82, 2.24) is 0 Å². The number of hydrogen-bond acceptors (Lipinski definition) is 3. The van der Waals surface area contributed by atoms with Crippen molar-refractivity contribution in [2.75, 3.05) is 6.54 Å². The first-order valence-corrected chi connectivity index (χ1v) is 5.08. The molecule has 82 valence electrons. The Kier molecular flexibility index (Phi) is 4.05. The summed E-state index contributed by atoms with van der Waals surface area (Å²) in [7, 11) is 0. The molecule has 0 saturated heterocycles. The van der Waals surface area contributed by atoms with E-state index in [9.17, 15) is 10.1 Å². The molecule has 1 unspecified atom stereocenters. The summed E-state index contributed by atoms with van der Waals surface area (Å²) in [5.74, 6) is 0.0501. The maximum Gasteiger partial charge on any atom is 0.272 e. The van der Waals surface area contributed by atoms with Crippen LogP contribution in [0.25, 0.3) is 0 Å². The zero-order valence-electron chi connectivity index (χ0n) is 8.44. The number of nitro benzene ring substituents is 1. The largest absolute Gasteiger partial charge is 0.330 e. The fraction of sp³-hybridized carbons (Fsp3) is 0.400. The molecule has 0 aliphatic carbocycles. The van der Waals surface area contributed by atoms with Crippen molar-refractivity contribution < 1.29 is 4.92 Å². The third kappa shape index (κ3) is 2.91. The Balaban J connectivity index is 3.12. The third-order valence-electron chi connectivity index (χ3n) is 2.32. The Hall–Kier alpha value is -1.13. The average molecular weight is 229 g/mol. The van der Waals surface area contributed by atoms with E-state index in [1.165, 1.54) is 12.1 Å². The molecular formula is C10H13ClN2O2. The van der Waals surface area contributed by atoms with Crippen LogP contribution in [-0.2, 0) is 0 Å². The topological polar surface area (TPSA) is 69.2 Å². The van der Waals surface area contributed by atoms with Gasteiger partial charge in [-0.05, 0) is 31.0 Å². The number of hydrogen-bond donors (Lipinski definition) is 1. The molecule has 0 radical (unpaired) electrons. The highest BCUT2D eigenvalue weighted by Gasteiger charge is 2.18. The summed E-state index contributed by atoms with van der Waals surface area (Å²) in [6, 6.07) is 4.60. The molecule has 0 spiro atoms. The van der Waals surface area contributed by atoms with E-state index in [1.807, 2.05) is 6.92 Å². The predicted octanol–water partition coefficient (Wildman–Crippen LogP) is 2.70. The molecule has 0 saturated carbocycles. The van der Waals surface area contributed by atoms with Crippen molar-refractivity contribution in [2.45, 2.75) is 19.3 Å². The van der Waals surface area contributed by atoms with E-state index < -0.39 is 4.92 Å². The third-order valence-corrected chi connectivity index (χ3v) is 2.55. The molecule has 4 nitrogen and oxygen atoms in total. The van der Waals surface area contributed by atoms with Crippen molar-refractivity contribution in [1.29, 1.82) is 0 Å². The second-order valence-electron chi connectivity index (χ2n) is 3.44. The SMILES string of the molecule is CC(CCN)c1cc(Cl)ccc1[N+](=O)[O-]. The van der Waals surface area contributed by atoms with Crippen LogP contribution in [0.5, 0.6) is 0 Å². The molecule has 1 atom stereocenters. The lowest BCUT2D eigenvalue weighted by molar-refractivity contribution is -0.385. The Morgan fingerprint density at radius 3 is 2.80 bits per heavy atom. The molecule has 0 fully saturated rings. The minimum atomic E-state index is -0.390. The predicted molar refractivity (Wildman–Crippen MR) is 60.2 cm³/mol. The van der Waals surface area contributed by atoms with Gasteiger partial charge in [-0.25, -0.2) is 0 Å². The molecule has 2 N–H and O–H groups in total. The highest BCUT2D eigenvalue weighted by atomic mass is 35.5. The second-order valence-corrected chi connectivity index (χ2v) is 3.88. The van der Waals surface area contributed by atoms with E-state index in [2.05, 4.69) is 0 Å². The Morgan fingerprint density at radius 2 is 2.27 bits per heavy atom. The summed E-state index contributed by atoms with van der Waals surface area (Å²) in [6.45, 7) is 2.41. The summed E-state index contributed by atoms with van der Waals surface area (Å²) in [4.78, 5) is 10.4. The maximum atomic E-state index is 10.8. The molecule has 0 bridgehead atoms. The molecule has 0 aliphatic rings. The lowest BCUT2D eigenvalue weighted by atomic mass is 9.96. The van der Waals surface area contributed by atoms with E-state index in [1.54, 1.807) is 6.07 Å². The van der Waals surface area contributed by atoms with E-state index in [4.69, 9.17) is 17.3 Å². The smallest absolute Gasteiger partial charge is 0.272 e. The molecule has 1 rings (SSSR count). The molecule has 5 heteroatoms. The Labute approximate surface area is 93.2 Å². The van der Waals surface area contributed by atoms with Crippen LogP contribution < -0.4 is 5.73 Å². The van der Waals surface area contributed by atoms with Crippen LogP contribution in [0, 0.1) is 10.1 Å². The summed E-state index contributed by atoms with van der Waals surface area (Å²) in [6.07, 6.45) is 0.710. The molecule has 1 aromatic carbocycles. The van der Waals surface area contributed by atoms with Crippen molar-refractivity contribution >= 4 is 17.3 Å². The van der Waals surface area contributed by atoms with E-state index in [0.717, 1.165) is 0 Å². The summed E-state index contributed by atoms with van der Waals surface area (Å²) >= 11 is 5.81. The van der Waals surface area contributed by atoms with Crippen LogP contribution in [0.2, 0.25) is 5.02 Å². The van der Waals surface area contributed by atoms with Crippen molar-refractivity contribution in [3.8, 4) is 0 Å². The fourth-order valence-corrected chi connectivity index (χ4v) is 1.67. The van der Waals surface area contributed by atoms with Gasteiger partial charge in [0.05, 0.1) is 4.92 Å². The summed E-state index contributed by atoms with van der Waals surface area (Å²) in [5.41, 5.74) is 6.19. The van der Waals surface area contributed by atoms with Gasteiger partial charge in [0.2, 0.25) is 0 Å². The van der Waals surface area contributed by atoms with Gasteiger partial charge in [0.25, 0.3) is 5.69 Å². The van der Waals surface area contributed by atoms with E-state index in [0.29, 0.717) is 23.6 Å². The van der Waals surface area contributed by atoms with Crippen molar-refractivity contribution in [2.24, 2.45) is 5.73 Å². The lowest BCUT2D eigenvalue weighted by Gasteiger charge is -2.10. The van der Waals surface area contributed by atoms with Gasteiger partial charge in [-0.15, -0.1) is 0 Å². The van der Waals surface area contributed by atoms with Gasteiger partial charge in [-0.1, -0.05) is 18.5 Å². The highest BCUT2D eigenvalue weighted by Crippen LogP contribution is 2.30. The summed E-state index contributed by atoms with van der Waals surface area (Å²) in [5, 5.41) is 11.3. The van der Waals surface area contributed by atoms with Gasteiger partial charge in [0.15, 0.2) is 0 Å². The number of benzene rings is 1. The lowest BCUT2D eigenvalue weighted by Crippen LogP contribution is -2.06. The number of nitro groups is 1. The minimum absolute atomic E-state index is 0.0501. The average Bonchev–Trinajstić information content (AvgIpc) is 2.17. The number of halogens is 1. The van der Waals surface area contributed by atoms with Crippen LogP contribution in [-0.4, -0.2) is 11.5 Å². The quantitative estimate of drug-likeness (QED) is 0.636. The van der Waals surface area contributed by atoms with E-state index in [-0.39, 0.29) is 11.6 Å². The molecular weight excluding hydrogens is 216 g/mol. The molecule has 0 heterocycles. The van der Waals surface area contributed by atoms with Crippen LogP contribution in [0.3, 0.4) is 0 Å². The van der Waals surface area contributed by atoms with Gasteiger partial charge in [0, 0.05) is 16.7 Å². The number of nitrogens with zero attached hydrogens (tertiary/aromatic N) is 1. The first-order valence-electron chi connectivity index (χ1n) is 4.70. The Bertz CT molecular complexity index is 368. The number of nitrogens with two attached hydrogens (primary N) is 1. The highest BCUT2D eigenvalue weighted by molar-refractivity contribution is 6.30. The van der Waals surface area contributed by atoms with Gasteiger partial charge >= 0.3 is 0 Å². The molecule has 15 heavy (non-hydrogen) atoms. The van der Waals surface area contributed by atoms with Gasteiger partial charge in [-0.2, -0.15) is 0 Å². The monoisotopic (exact) mass is 228 g/mol.